The van der Waals surface area contributed by atoms with Gasteiger partial charge in [-0.2, -0.15) is 0 Å². The molecule has 1 saturated heterocycles. The van der Waals surface area contributed by atoms with E-state index in [1.54, 1.807) is 0 Å². The summed E-state index contributed by atoms with van der Waals surface area (Å²) in [5, 5.41) is 0. The molecule has 0 aromatic heterocycles. The highest BCUT2D eigenvalue weighted by Gasteiger charge is 2.18. The molecule has 94 valence electrons. The van der Waals surface area contributed by atoms with Crippen molar-refractivity contribution in [3.63, 3.8) is 0 Å². The molecule has 0 spiro atoms. The molecule has 0 bridgehead atoms. The van der Waals surface area contributed by atoms with Crippen molar-refractivity contribution in [1.82, 2.24) is 0 Å². The van der Waals surface area contributed by atoms with E-state index in [0.717, 1.165) is 0 Å². The van der Waals surface area contributed by atoms with Crippen molar-refractivity contribution in [1.29, 1.82) is 0 Å². The highest BCUT2D eigenvalue weighted by Crippen LogP contribution is 2.28. The van der Waals surface area contributed by atoms with E-state index in [-0.39, 0.29) is 0 Å². The Morgan fingerprint density at radius 1 is 1.29 bits per heavy atom. The van der Waals surface area contributed by atoms with Crippen LogP contribution < -0.4 is 4.90 Å². The monoisotopic (exact) mass is 251 g/mol. The lowest BCUT2D eigenvalue weighted by Crippen LogP contribution is -2.32. The highest BCUT2D eigenvalue weighted by atomic mass is 35.5. The van der Waals surface area contributed by atoms with Gasteiger partial charge in [0.2, 0.25) is 0 Å². The van der Waals surface area contributed by atoms with Crippen LogP contribution in [0.2, 0.25) is 0 Å². The van der Waals surface area contributed by atoms with Crippen LogP contribution in [0.4, 0.5) is 5.69 Å². The van der Waals surface area contributed by atoms with Crippen molar-refractivity contribution in [2.75, 3.05) is 11.4 Å². The molecule has 1 aromatic rings. The second-order valence-corrected chi connectivity index (χ2v) is 5.41. The van der Waals surface area contributed by atoms with Crippen LogP contribution in [0.5, 0.6) is 0 Å². The Bertz CT molecular complexity index is 375. The zero-order chi connectivity index (χ0) is 12.3. The fourth-order valence-electron chi connectivity index (χ4n) is 2.76. The van der Waals surface area contributed by atoms with Crippen LogP contribution in [0, 0.1) is 6.92 Å². The quantitative estimate of drug-likeness (QED) is 0.700. The molecule has 0 aliphatic carbocycles. The minimum absolute atomic E-state index is 0.608. The average Bonchev–Trinajstić information content (AvgIpc) is 2.54. The topological polar surface area (TPSA) is 3.24 Å². The number of anilines is 1. The summed E-state index contributed by atoms with van der Waals surface area (Å²) in [4.78, 5) is 2.57. The van der Waals surface area contributed by atoms with Gasteiger partial charge in [0.15, 0.2) is 0 Å². The van der Waals surface area contributed by atoms with Crippen molar-refractivity contribution in [2.24, 2.45) is 0 Å². The molecule has 1 fully saturated rings. The third-order valence-corrected chi connectivity index (χ3v) is 4.09. The Balaban J connectivity index is 2.25. The summed E-state index contributed by atoms with van der Waals surface area (Å²) < 4.78 is 0. The molecular formula is C15H22ClN. The maximum Gasteiger partial charge on any atom is 0.0474 e. The highest BCUT2D eigenvalue weighted by molar-refractivity contribution is 6.17. The first-order valence-corrected chi connectivity index (χ1v) is 7.18. The van der Waals surface area contributed by atoms with Gasteiger partial charge in [0.25, 0.3) is 0 Å². The number of rotatable bonds is 2. The van der Waals surface area contributed by atoms with Crippen molar-refractivity contribution in [3.05, 3.63) is 29.3 Å². The number of aryl methyl sites for hydroxylation is 1. The van der Waals surface area contributed by atoms with Gasteiger partial charge in [-0.3, -0.25) is 0 Å². The lowest BCUT2D eigenvalue weighted by molar-refractivity contribution is 0.615. The first-order chi connectivity index (χ1) is 8.22. The van der Waals surface area contributed by atoms with E-state index < -0.39 is 0 Å². The molecule has 1 aromatic carbocycles. The minimum Gasteiger partial charge on any atom is -0.369 e. The maximum atomic E-state index is 5.88. The number of nitrogens with zero attached hydrogens (tertiary/aromatic N) is 1. The fourth-order valence-corrected chi connectivity index (χ4v) is 2.92. The molecule has 1 nitrogen and oxygen atoms in total. The van der Waals surface area contributed by atoms with Crippen molar-refractivity contribution >= 4 is 17.3 Å². The predicted octanol–water partition coefficient (Wildman–Crippen LogP) is 4.50. The summed E-state index contributed by atoms with van der Waals surface area (Å²) >= 11 is 5.88. The molecule has 1 atom stereocenters. The molecule has 1 aliphatic heterocycles. The Kier molecular flexibility index (Phi) is 4.33. The van der Waals surface area contributed by atoms with Gasteiger partial charge in [0.1, 0.15) is 0 Å². The average molecular weight is 252 g/mol. The SMILES string of the molecule is Cc1cc(CCl)ccc1N1CCCCCC1C. The third-order valence-electron chi connectivity index (χ3n) is 3.78. The summed E-state index contributed by atoms with van der Waals surface area (Å²) in [6, 6.07) is 7.29. The van der Waals surface area contributed by atoms with Gasteiger partial charge < -0.3 is 4.90 Å². The molecule has 17 heavy (non-hydrogen) atoms. The van der Waals surface area contributed by atoms with Crippen LogP contribution in [0.3, 0.4) is 0 Å². The van der Waals surface area contributed by atoms with Crippen LogP contribution in [0.25, 0.3) is 0 Å². The molecule has 1 unspecified atom stereocenters. The Hall–Kier alpha value is -0.690. The molecule has 0 radical (unpaired) electrons. The van der Waals surface area contributed by atoms with E-state index in [4.69, 9.17) is 11.6 Å². The Morgan fingerprint density at radius 2 is 2.12 bits per heavy atom. The zero-order valence-corrected chi connectivity index (χ0v) is 11.6. The van der Waals surface area contributed by atoms with Crippen LogP contribution in [-0.2, 0) is 5.88 Å². The zero-order valence-electron chi connectivity index (χ0n) is 10.9. The van der Waals surface area contributed by atoms with E-state index in [9.17, 15) is 0 Å². The number of alkyl halides is 1. The third kappa shape index (κ3) is 2.95. The van der Waals surface area contributed by atoms with Gasteiger partial charge in [-0.15, -0.1) is 11.6 Å². The number of halogens is 1. The molecule has 0 saturated carbocycles. The van der Waals surface area contributed by atoms with Crippen molar-refractivity contribution in [3.8, 4) is 0 Å². The van der Waals surface area contributed by atoms with Gasteiger partial charge in [0, 0.05) is 24.2 Å². The number of hydrogen-bond acceptors (Lipinski definition) is 1. The summed E-state index contributed by atoms with van der Waals surface area (Å²) in [6.45, 7) is 5.74. The van der Waals surface area contributed by atoms with Gasteiger partial charge in [-0.1, -0.05) is 25.0 Å². The standard InChI is InChI=1S/C15H22ClN/c1-12-10-14(11-16)7-8-15(12)17-9-5-3-4-6-13(17)2/h7-8,10,13H,3-6,9,11H2,1-2H3. The second-order valence-electron chi connectivity index (χ2n) is 5.15. The van der Waals surface area contributed by atoms with E-state index in [0.29, 0.717) is 11.9 Å². The van der Waals surface area contributed by atoms with E-state index in [1.807, 2.05) is 0 Å². The van der Waals surface area contributed by atoms with E-state index >= 15 is 0 Å². The smallest absolute Gasteiger partial charge is 0.0474 e. The van der Waals surface area contributed by atoms with Gasteiger partial charge in [-0.05, 0) is 43.9 Å². The van der Waals surface area contributed by atoms with Crippen molar-refractivity contribution < 1.29 is 0 Å². The van der Waals surface area contributed by atoms with Crippen LogP contribution in [0.1, 0.15) is 43.7 Å². The van der Waals surface area contributed by atoms with E-state index in [2.05, 4.69) is 36.9 Å². The Morgan fingerprint density at radius 3 is 2.82 bits per heavy atom. The lowest BCUT2D eigenvalue weighted by atomic mass is 10.1. The Labute approximate surface area is 110 Å². The molecule has 1 aliphatic rings. The van der Waals surface area contributed by atoms with E-state index in [1.165, 1.54) is 49.0 Å². The number of benzene rings is 1. The summed E-state index contributed by atoms with van der Waals surface area (Å²) in [6.07, 6.45) is 5.38. The maximum absolute atomic E-state index is 5.88. The summed E-state index contributed by atoms with van der Waals surface area (Å²) in [5.74, 6) is 0.608. The fraction of sp³-hybridized carbons (Fsp3) is 0.600. The van der Waals surface area contributed by atoms with Crippen LogP contribution in [-0.4, -0.2) is 12.6 Å². The molecule has 1 heterocycles. The summed E-state index contributed by atoms with van der Waals surface area (Å²) in [7, 11) is 0. The number of hydrogen-bond donors (Lipinski definition) is 0. The molecule has 2 rings (SSSR count). The first-order valence-electron chi connectivity index (χ1n) is 6.64. The molecule has 0 amide bonds. The van der Waals surface area contributed by atoms with Crippen molar-refractivity contribution in [2.45, 2.75) is 51.5 Å². The summed E-state index contributed by atoms with van der Waals surface area (Å²) in [5.41, 5.74) is 3.97. The second kappa shape index (κ2) is 5.77. The minimum atomic E-state index is 0.608. The normalized spacial score (nSPS) is 21.4. The van der Waals surface area contributed by atoms with Crippen LogP contribution in [0.15, 0.2) is 18.2 Å². The lowest BCUT2D eigenvalue weighted by Gasteiger charge is -2.31. The van der Waals surface area contributed by atoms with Gasteiger partial charge in [-0.25, -0.2) is 0 Å². The molecular weight excluding hydrogens is 230 g/mol. The van der Waals surface area contributed by atoms with Crippen LogP contribution >= 0.6 is 11.6 Å². The van der Waals surface area contributed by atoms with Gasteiger partial charge in [0.05, 0.1) is 0 Å². The largest absolute Gasteiger partial charge is 0.369 e. The van der Waals surface area contributed by atoms with Gasteiger partial charge >= 0.3 is 0 Å². The first kappa shape index (κ1) is 12.8. The molecule has 2 heteroatoms. The molecule has 0 N–H and O–H groups in total. The predicted molar refractivity (Wildman–Crippen MR) is 76.0 cm³/mol.